The van der Waals surface area contributed by atoms with Gasteiger partial charge in [-0.2, -0.15) is 8.75 Å². The maximum Gasteiger partial charge on any atom is 0.256 e. The van der Waals surface area contributed by atoms with Gasteiger partial charge in [0.05, 0.1) is 23.5 Å². The van der Waals surface area contributed by atoms with Crippen LogP contribution in [0.15, 0.2) is 12.2 Å². The fraction of sp³-hybridized carbons (Fsp3) is 0.714. The van der Waals surface area contributed by atoms with E-state index in [4.69, 9.17) is 9.47 Å². The molecule has 4 rings (SSSR count). The van der Waals surface area contributed by atoms with Gasteiger partial charge in [0, 0.05) is 39.5 Å². The summed E-state index contributed by atoms with van der Waals surface area (Å²) in [6, 6.07) is 0. The third kappa shape index (κ3) is 8.31. The molecule has 0 aliphatic carbocycles. The average Bonchev–Trinajstić information content (AvgIpc) is 3.55. The SMILES string of the molecule is CCCCCCCCCCC(C)(Oc1nsnc1C1=CCCN(C)C1)Oc1nsnc1C1=CCCN(C)C1. The number of ether oxygens (including phenoxy) is 2. The molecule has 4 heterocycles. The van der Waals surface area contributed by atoms with Gasteiger partial charge in [-0.1, -0.05) is 64.0 Å². The lowest BCUT2D eigenvalue weighted by molar-refractivity contribution is -0.109. The molecule has 10 heteroatoms. The van der Waals surface area contributed by atoms with E-state index in [0.717, 1.165) is 69.7 Å². The van der Waals surface area contributed by atoms with E-state index < -0.39 is 5.79 Å². The molecular weight excluding hydrogens is 516 g/mol. The summed E-state index contributed by atoms with van der Waals surface area (Å²) in [6.07, 6.45) is 17.3. The van der Waals surface area contributed by atoms with Gasteiger partial charge in [0.2, 0.25) is 0 Å². The van der Waals surface area contributed by atoms with E-state index in [2.05, 4.69) is 60.5 Å². The van der Waals surface area contributed by atoms with Gasteiger partial charge in [0.15, 0.2) is 0 Å². The Morgan fingerprint density at radius 2 is 1.21 bits per heavy atom. The molecule has 2 aliphatic heterocycles. The van der Waals surface area contributed by atoms with E-state index in [1.54, 1.807) is 0 Å². The molecule has 0 fully saturated rings. The summed E-state index contributed by atoms with van der Waals surface area (Å²) in [4.78, 5) is 4.60. The van der Waals surface area contributed by atoms with Gasteiger partial charge in [0.25, 0.3) is 17.5 Å². The minimum Gasteiger partial charge on any atom is -0.433 e. The molecular formula is C28H44N6O2S2. The lowest BCUT2D eigenvalue weighted by atomic mass is 10.0. The van der Waals surface area contributed by atoms with Gasteiger partial charge >= 0.3 is 0 Å². The lowest BCUT2D eigenvalue weighted by Gasteiger charge is -2.31. The van der Waals surface area contributed by atoms with E-state index in [0.29, 0.717) is 11.8 Å². The van der Waals surface area contributed by atoms with Crippen LogP contribution in [0.25, 0.3) is 11.1 Å². The molecule has 2 aliphatic rings. The Bertz CT molecular complexity index is 995. The zero-order valence-corrected chi connectivity index (χ0v) is 25.2. The van der Waals surface area contributed by atoms with Crippen molar-refractivity contribution >= 4 is 34.6 Å². The van der Waals surface area contributed by atoms with Gasteiger partial charge in [-0.3, -0.25) is 0 Å². The highest BCUT2D eigenvalue weighted by molar-refractivity contribution is 6.99. The monoisotopic (exact) mass is 560 g/mol. The van der Waals surface area contributed by atoms with Gasteiger partial charge in [0.1, 0.15) is 11.4 Å². The molecule has 210 valence electrons. The zero-order chi connectivity index (χ0) is 26.8. The van der Waals surface area contributed by atoms with Crippen molar-refractivity contribution in [3.8, 4) is 11.8 Å². The normalized spacial score (nSPS) is 17.4. The molecule has 0 aromatic carbocycles. The summed E-state index contributed by atoms with van der Waals surface area (Å²) in [7, 11) is 4.27. The van der Waals surface area contributed by atoms with Crippen molar-refractivity contribution in [3.63, 3.8) is 0 Å². The number of aromatic nitrogens is 4. The van der Waals surface area contributed by atoms with Crippen molar-refractivity contribution < 1.29 is 9.47 Å². The van der Waals surface area contributed by atoms with Crippen LogP contribution in [-0.2, 0) is 0 Å². The zero-order valence-electron chi connectivity index (χ0n) is 23.6. The third-order valence-corrected chi connectivity index (χ3v) is 8.34. The minimum atomic E-state index is -0.917. The Hall–Kier alpha value is -1.88. The molecule has 2 aromatic heterocycles. The number of hydrogen-bond donors (Lipinski definition) is 0. The summed E-state index contributed by atoms with van der Waals surface area (Å²) in [5.74, 6) is 0.194. The van der Waals surface area contributed by atoms with E-state index in [-0.39, 0.29) is 0 Å². The second kappa shape index (κ2) is 14.5. The first-order valence-corrected chi connectivity index (χ1v) is 15.7. The van der Waals surface area contributed by atoms with E-state index in [9.17, 15) is 0 Å². The van der Waals surface area contributed by atoms with Crippen molar-refractivity contribution in [2.75, 3.05) is 40.3 Å². The maximum atomic E-state index is 6.62. The second-order valence-electron chi connectivity index (χ2n) is 10.9. The Labute approximate surface area is 236 Å². The first-order valence-electron chi connectivity index (χ1n) is 14.3. The van der Waals surface area contributed by atoms with Crippen LogP contribution in [0.3, 0.4) is 0 Å². The highest BCUT2D eigenvalue weighted by Gasteiger charge is 2.34. The molecule has 8 nitrogen and oxygen atoms in total. The largest absolute Gasteiger partial charge is 0.433 e. The first-order chi connectivity index (χ1) is 18.5. The van der Waals surface area contributed by atoms with Crippen LogP contribution >= 0.6 is 23.5 Å². The van der Waals surface area contributed by atoms with Crippen molar-refractivity contribution in [2.24, 2.45) is 0 Å². The standard InChI is InChI=1S/C28H44N6O2S2/c1-5-6-7-8-9-10-11-12-17-28(2,35-26-24(29-37-31-26)22-15-13-18-33(3)20-22)36-27-25(30-38-32-27)23-16-14-19-34(4)21-23/h15-16H,5-14,17-21H2,1-4H3. The number of rotatable bonds is 15. The van der Waals surface area contributed by atoms with Gasteiger partial charge < -0.3 is 19.3 Å². The Morgan fingerprint density at radius 1 is 0.737 bits per heavy atom. The smallest absolute Gasteiger partial charge is 0.256 e. The molecule has 0 amide bonds. The van der Waals surface area contributed by atoms with Crippen LogP contribution < -0.4 is 9.47 Å². The van der Waals surface area contributed by atoms with Crippen molar-refractivity contribution in [2.45, 2.75) is 90.3 Å². The lowest BCUT2D eigenvalue weighted by Crippen LogP contribution is -2.40. The summed E-state index contributed by atoms with van der Waals surface area (Å²) in [5.41, 5.74) is 4.01. The van der Waals surface area contributed by atoms with E-state index >= 15 is 0 Å². The number of hydrogen-bond acceptors (Lipinski definition) is 10. The minimum absolute atomic E-state index is 0.556. The fourth-order valence-corrected chi connectivity index (χ4v) is 6.16. The summed E-state index contributed by atoms with van der Waals surface area (Å²) >= 11 is 2.39. The van der Waals surface area contributed by atoms with Gasteiger partial charge in [-0.15, -0.1) is 8.75 Å². The number of unbranched alkanes of at least 4 members (excludes halogenated alkanes) is 7. The highest BCUT2D eigenvalue weighted by atomic mass is 32.1. The predicted octanol–water partition coefficient (Wildman–Crippen LogP) is 6.53. The van der Waals surface area contributed by atoms with Crippen LogP contribution in [0.1, 0.15) is 95.9 Å². The highest BCUT2D eigenvalue weighted by Crippen LogP contribution is 2.35. The molecule has 0 saturated carbocycles. The molecule has 2 aromatic rings. The maximum absolute atomic E-state index is 6.62. The molecule has 0 bridgehead atoms. The third-order valence-electron chi connectivity index (χ3n) is 7.32. The summed E-state index contributed by atoms with van der Waals surface area (Å²) in [5, 5.41) is 0. The van der Waals surface area contributed by atoms with Crippen LogP contribution in [0.5, 0.6) is 11.8 Å². The predicted molar refractivity (Wildman–Crippen MR) is 157 cm³/mol. The fourth-order valence-electron chi connectivity index (χ4n) is 5.13. The quantitative estimate of drug-likeness (QED) is 0.180. The van der Waals surface area contributed by atoms with Crippen molar-refractivity contribution in [3.05, 3.63) is 23.5 Å². The molecule has 0 atom stereocenters. The van der Waals surface area contributed by atoms with Crippen LogP contribution in [0.2, 0.25) is 0 Å². The Kier molecular flexibility index (Phi) is 11.1. The Morgan fingerprint density at radius 3 is 1.68 bits per heavy atom. The molecule has 38 heavy (non-hydrogen) atoms. The van der Waals surface area contributed by atoms with Gasteiger partial charge in [-0.05, 0) is 44.5 Å². The van der Waals surface area contributed by atoms with Crippen molar-refractivity contribution in [1.29, 1.82) is 0 Å². The summed E-state index contributed by atoms with van der Waals surface area (Å²) in [6.45, 7) is 8.09. The van der Waals surface area contributed by atoms with Crippen LogP contribution in [0.4, 0.5) is 0 Å². The average molecular weight is 561 g/mol. The Balaban J connectivity index is 1.48. The van der Waals surface area contributed by atoms with Crippen molar-refractivity contribution in [1.82, 2.24) is 27.3 Å². The van der Waals surface area contributed by atoms with Crippen LogP contribution in [0, 0.1) is 0 Å². The van der Waals surface area contributed by atoms with Crippen LogP contribution in [-0.4, -0.2) is 73.4 Å². The molecule has 0 saturated heterocycles. The van der Waals surface area contributed by atoms with E-state index in [1.807, 2.05) is 6.92 Å². The second-order valence-corrected chi connectivity index (χ2v) is 12.0. The topological polar surface area (TPSA) is 76.5 Å². The van der Waals surface area contributed by atoms with E-state index in [1.165, 1.54) is 73.1 Å². The number of nitrogens with zero attached hydrogens (tertiary/aromatic N) is 6. The molecule has 0 N–H and O–H groups in total. The first kappa shape index (κ1) is 29.1. The molecule has 0 radical (unpaired) electrons. The number of likely N-dealkylation sites (N-methyl/N-ethyl adjacent to an activating group) is 2. The molecule has 0 spiro atoms. The molecule has 0 unspecified atom stereocenters. The van der Waals surface area contributed by atoms with Gasteiger partial charge in [-0.25, -0.2) is 0 Å². The summed E-state index contributed by atoms with van der Waals surface area (Å²) < 4.78 is 31.6.